The summed E-state index contributed by atoms with van der Waals surface area (Å²) in [5, 5.41) is 12.0. The second-order valence-corrected chi connectivity index (χ2v) is 11.3. The Kier molecular flexibility index (Phi) is 4.47. The van der Waals surface area contributed by atoms with Crippen molar-refractivity contribution in [1.29, 1.82) is 0 Å². The predicted molar refractivity (Wildman–Crippen MR) is 118 cm³/mol. The molecule has 31 heavy (non-hydrogen) atoms. The van der Waals surface area contributed by atoms with Crippen molar-refractivity contribution in [3.8, 4) is 0 Å². The molecule has 0 spiro atoms. The van der Waals surface area contributed by atoms with E-state index >= 15 is 0 Å². The zero-order valence-electron chi connectivity index (χ0n) is 18.6. The molecule has 2 saturated heterocycles. The number of nitrogens with zero attached hydrogens (tertiary/aromatic N) is 3. The number of rotatable bonds is 3. The van der Waals surface area contributed by atoms with E-state index in [9.17, 15) is 19.7 Å². The lowest BCUT2D eigenvalue weighted by Crippen LogP contribution is -2.35. The molecule has 2 aliphatic heterocycles. The summed E-state index contributed by atoms with van der Waals surface area (Å²) in [4.78, 5) is 41.0. The summed E-state index contributed by atoms with van der Waals surface area (Å²) < 4.78 is 0. The van der Waals surface area contributed by atoms with Crippen LogP contribution in [0.3, 0.4) is 0 Å². The van der Waals surface area contributed by atoms with Crippen LogP contribution in [0.5, 0.6) is 0 Å². The van der Waals surface area contributed by atoms with E-state index < -0.39 is 0 Å². The first kappa shape index (κ1) is 20.5. The van der Waals surface area contributed by atoms with Gasteiger partial charge in [-0.1, -0.05) is 33.6 Å². The summed E-state index contributed by atoms with van der Waals surface area (Å²) in [5.41, 5.74) is 1.30. The molecule has 4 fully saturated rings. The molecule has 1 aromatic rings. The van der Waals surface area contributed by atoms with E-state index in [0.717, 1.165) is 51.5 Å². The number of nitro groups is 1. The predicted octanol–water partition coefficient (Wildman–Crippen LogP) is 4.68. The van der Waals surface area contributed by atoms with Gasteiger partial charge < -0.3 is 4.90 Å². The van der Waals surface area contributed by atoms with Crippen LogP contribution in [0.25, 0.3) is 0 Å². The Morgan fingerprint density at radius 1 is 1.03 bits per heavy atom. The highest BCUT2D eigenvalue weighted by Crippen LogP contribution is 2.54. The Labute approximate surface area is 182 Å². The monoisotopic (exact) mass is 425 g/mol. The third-order valence-electron chi connectivity index (χ3n) is 7.98. The molecule has 166 valence electrons. The molecule has 4 aliphatic rings. The van der Waals surface area contributed by atoms with Gasteiger partial charge in [0.15, 0.2) is 0 Å². The van der Waals surface area contributed by atoms with E-state index in [0.29, 0.717) is 11.4 Å². The van der Waals surface area contributed by atoms with Gasteiger partial charge in [-0.05, 0) is 55.1 Å². The molecule has 2 heterocycles. The number of anilines is 2. The molecule has 2 aliphatic carbocycles. The minimum atomic E-state index is -0.368. The molecule has 2 amide bonds. The van der Waals surface area contributed by atoms with Crippen LogP contribution >= 0.6 is 0 Å². The number of fused-ring (bicyclic) bond motifs is 3. The number of benzene rings is 1. The van der Waals surface area contributed by atoms with Crippen LogP contribution in [0.4, 0.5) is 17.1 Å². The SMILES string of the molecule is CC1(C)C[C@H]2C[C@@](C)(CN2c2ccc(N3C(=O)[C@H]4CCCC[C@H]4C3=O)cc2[N+](=O)[O-])C1. The van der Waals surface area contributed by atoms with Crippen molar-refractivity contribution < 1.29 is 14.5 Å². The van der Waals surface area contributed by atoms with E-state index in [-0.39, 0.29) is 51.1 Å². The summed E-state index contributed by atoms with van der Waals surface area (Å²) in [6, 6.07) is 5.20. The van der Waals surface area contributed by atoms with Crippen LogP contribution < -0.4 is 9.80 Å². The number of carbonyl (C=O) groups excluding carboxylic acids is 2. The lowest BCUT2D eigenvalue weighted by molar-refractivity contribution is -0.384. The van der Waals surface area contributed by atoms with Gasteiger partial charge in [-0.15, -0.1) is 0 Å². The molecule has 2 saturated carbocycles. The van der Waals surface area contributed by atoms with Gasteiger partial charge in [0.2, 0.25) is 11.8 Å². The maximum absolute atomic E-state index is 13.0. The number of amides is 2. The molecule has 2 bridgehead atoms. The van der Waals surface area contributed by atoms with Gasteiger partial charge in [0.25, 0.3) is 5.69 Å². The topological polar surface area (TPSA) is 83.8 Å². The number of imide groups is 1. The minimum Gasteiger partial charge on any atom is -0.362 e. The fourth-order valence-corrected chi connectivity index (χ4v) is 7.20. The quantitative estimate of drug-likeness (QED) is 0.399. The highest BCUT2D eigenvalue weighted by atomic mass is 16.6. The van der Waals surface area contributed by atoms with Gasteiger partial charge >= 0.3 is 0 Å². The average Bonchev–Trinajstić information content (AvgIpc) is 3.10. The van der Waals surface area contributed by atoms with E-state index in [1.54, 1.807) is 12.1 Å². The van der Waals surface area contributed by atoms with Crippen LogP contribution in [0, 0.1) is 32.8 Å². The number of hydrogen-bond donors (Lipinski definition) is 0. The first-order valence-corrected chi connectivity index (χ1v) is 11.5. The van der Waals surface area contributed by atoms with Crippen LogP contribution in [0.15, 0.2) is 18.2 Å². The molecule has 4 atom stereocenters. The lowest BCUT2D eigenvalue weighted by Gasteiger charge is -2.39. The Morgan fingerprint density at radius 2 is 1.68 bits per heavy atom. The largest absolute Gasteiger partial charge is 0.362 e. The van der Waals surface area contributed by atoms with Crippen LogP contribution in [-0.2, 0) is 9.59 Å². The van der Waals surface area contributed by atoms with E-state index in [4.69, 9.17) is 0 Å². The molecule has 7 heteroatoms. The number of hydrogen-bond acceptors (Lipinski definition) is 5. The van der Waals surface area contributed by atoms with E-state index in [2.05, 4.69) is 25.7 Å². The second kappa shape index (κ2) is 6.78. The first-order chi connectivity index (χ1) is 14.6. The third kappa shape index (κ3) is 3.24. The Balaban J connectivity index is 1.50. The van der Waals surface area contributed by atoms with Crippen molar-refractivity contribution in [2.75, 3.05) is 16.3 Å². The van der Waals surface area contributed by atoms with Gasteiger partial charge in [-0.25, -0.2) is 4.90 Å². The summed E-state index contributed by atoms with van der Waals surface area (Å²) in [5.74, 6) is -0.911. The number of nitro benzene ring substituents is 1. The smallest absolute Gasteiger partial charge is 0.294 e. The highest BCUT2D eigenvalue weighted by Gasteiger charge is 2.51. The molecule has 0 aromatic heterocycles. The molecule has 7 nitrogen and oxygen atoms in total. The molecular weight excluding hydrogens is 394 g/mol. The minimum absolute atomic E-state index is 0.0121. The van der Waals surface area contributed by atoms with Crippen molar-refractivity contribution in [1.82, 2.24) is 0 Å². The zero-order chi connectivity index (χ0) is 22.1. The molecule has 1 aromatic carbocycles. The maximum Gasteiger partial charge on any atom is 0.294 e. The van der Waals surface area contributed by atoms with Crippen molar-refractivity contribution in [2.45, 2.75) is 71.8 Å². The van der Waals surface area contributed by atoms with Crippen LogP contribution in [0.1, 0.15) is 65.7 Å². The van der Waals surface area contributed by atoms with Crippen molar-refractivity contribution in [2.24, 2.45) is 22.7 Å². The van der Waals surface area contributed by atoms with Crippen LogP contribution in [0.2, 0.25) is 0 Å². The van der Waals surface area contributed by atoms with Gasteiger partial charge in [-0.3, -0.25) is 19.7 Å². The maximum atomic E-state index is 13.0. The second-order valence-electron chi connectivity index (χ2n) is 11.3. The summed E-state index contributed by atoms with van der Waals surface area (Å²) >= 11 is 0. The fraction of sp³-hybridized carbons (Fsp3) is 0.667. The average molecular weight is 426 g/mol. The fourth-order valence-electron chi connectivity index (χ4n) is 7.20. The Hall–Kier alpha value is -2.44. The molecular formula is C24H31N3O4. The molecule has 5 rings (SSSR count). The molecule has 0 unspecified atom stereocenters. The third-order valence-corrected chi connectivity index (χ3v) is 7.98. The van der Waals surface area contributed by atoms with Crippen molar-refractivity contribution in [3.05, 3.63) is 28.3 Å². The van der Waals surface area contributed by atoms with Gasteiger partial charge in [0, 0.05) is 18.7 Å². The number of carbonyl (C=O) groups is 2. The zero-order valence-corrected chi connectivity index (χ0v) is 18.6. The normalized spacial score (nSPS) is 34.2. The Bertz CT molecular complexity index is 950. The van der Waals surface area contributed by atoms with Gasteiger partial charge in [0.05, 0.1) is 22.4 Å². The van der Waals surface area contributed by atoms with Crippen LogP contribution in [-0.4, -0.2) is 29.3 Å². The standard InChI is InChI=1S/C24H31N3O4/c1-23(2)11-16-12-24(3,13-23)14-25(16)19-9-8-15(10-20(19)27(30)31)26-21(28)17-6-4-5-7-18(17)22(26)29/h8-10,16-18H,4-7,11-14H2,1-3H3/t16-,17-,18+,24+/m0/s1. The summed E-state index contributed by atoms with van der Waals surface area (Å²) in [7, 11) is 0. The first-order valence-electron chi connectivity index (χ1n) is 11.5. The van der Waals surface area contributed by atoms with Gasteiger partial charge in [0.1, 0.15) is 5.69 Å². The van der Waals surface area contributed by atoms with Crippen molar-refractivity contribution >= 4 is 28.9 Å². The van der Waals surface area contributed by atoms with Crippen molar-refractivity contribution in [3.63, 3.8) is 0 Å². The van der Waals surface area contributed by atoms with E-state index in [1.165, 1.54) is 11.0 Å². The highest BCUT2D eigenvalue weighted by molar-refractivity contribution is 6.22. The summed E-state index contributed by atoms with van der Waals surface area (Å²) in [6.45, 7) is 7.64. The lowest BCUT2D eigenvalue weighted by atomic mass is 9.65. The van der Waals surface area contributed by atoms with Gasteiger partial charge in [-0.2, -0.15) is 0 Å². The Morgan fingerprint density at radius 3 is 2.29 bits per heavy atom. The molecule has 0 radical (unpaired) electrons. The van der Waals surface area contributed by atoms with E-state index in [1.807, 2.05) is 0 Å². The molecule has 0 N–H and O–H groups in total. The summed E-state index contributed by atoms with van der Waals surface area (Å²) in [6.07, 6.45) is 6.54.